The minimum Gasteiger partial charge on any atom is -0.547 e. The summed E-state index contributed by atoms with van der Waals surface area (Å²) in [6.45, 7) is 1.84. The van der Waals surface area contributed by atoms with Gasteiger partial charge in [0.2, 0.25) is 0 Å². The van der Waals surface area contributed by atoms with Crippen LogP contribution in [0, 0.1) is 6.92 Å². The fourth-order valence-electron chi connectivity index (χ4n) is 0.717. The van der Waals surface area contributed by atoms with Gasteiger partial charge in [-0.3, -0.25) is 0 Å². The molecule has 0 bridgehead atoms. The third-order valence-electron chi connectivity index (χ3n) is 1.25. The fourth-order valence-corrected chi connectivity index (χ4v) is 1.57. The van der Waals surface area contributed by atoms with Crippen molar-refractivity contribution in [2.24, 2.45) is 0 Å². The van der Waals surface area contributed by atoms with Crippen molar-refractivity contribution in [2.75, 3.05) is 0 Å². The number of carboxylic acids is 1. The number of rotatable bonds is 2. The molecular weight excluding hydrogens is 187 g/mol. The molecular formula is C7H7NaO3S. The summed E-state index contributed by atoms with van der Waals surface area (Å²) in [7, 11) is 0. The molecule has 0 saturated heterocycles. The second-order valence-corrected chi connectivity index (χ2v) is 3.49. The maximum atomic E-state index is 10.2. The maximum absolute atomic E-state index is 10.2. The molecule has 1 rings (SSSR count). The Balaban J connectivity index is 0.00000121. The molecule has 0 aliphatic rings. The molecule has 0 aliphatic heterocycles. The Morgan fingerprint density at radius 3 is 2.58 bits per heavy atom. The second-order valence-electron chi connectivity index (χ2n) is 2.17. The number of carbonyl (C=O) groups excluding carboxylic acids is 1. The topological polar surface area (TPSA) is 60.4 Å². The van der Waals surface area contributed by atoms with Crippen molar-refractivity contribution >= 4 is 17.3 Å². The Morgan fingerprint density at radius 1 is 1.67 bits per heavy atom. The van der Waals surface area contributed by atoms with Crippen molar-refractivity contribution in [3.63, 3.8) is 0 Å². The molecule has 1 atom stereocenters. The van der Waals surface area contributed by atoms with Crippen LogP contribution in [0.1, 0.15) is 15.9 Å². The summed E-state index contributed by atoms with van der Waals surface area (Å²) in [6, 6.07) is 3.34. The van der Waals surface area contributed by atoms with E-state index in [1.807, 2.05) is 6.92 Å². The first-order valence-electron chi connectivity index (χ1n) is 3.06. The fraction of sp³-hybridized carbons (Fsp3) is 0.286. The third kappa shape index (κ3) is 2.88. The summed E-state index contributed by atoms with van der Waals surface area (Å²) in [4.78, 5) is 11.5. The molecule has 0 fully saturated rings. The number of hydrogen-bond donors (Lipinski definition) is 1. The van der Waals surface area contributed by atoms with E-state index < -0.39 is 12.1 Å². The van der Waals surface area contributed by atoms with Gasteiger partial charge in [0.05, 0.1) is 5.97 Å². The van der Waals surface area contributed by atoms with Crippen LogP contribution in [-0.2, 0) is 4.79 Å². The van der Waals surface area contributed by atoms with Crippen LogP contribution < -0.4 is 34.7 Å². The van der Waals surface area contributed by atoms with Crippen LogP contribution in [0.4, 0.5) is 0 Å². The first-order chi connectivity index (χ1) is 5.11. The van der Waals surface area contributed by atoms with Gasteiger partial charge in [0, 0.05) is 9.75 Å². The first-order valence-corrected chi connectivity index (χ1v) is 3.88. The molecule has 0 aromatic carbocycles. The Morgan fingerprint density at radius 2 is 2.25 bits per heavy atom. The predicted molar refractivity (Wildman–Crippen MR) is 39.0 cm³/mol. The molecule has 1 aromatic heterocycles. The number of aliphatic hydroxyl groups is 1. The van der Waals surface area contributed by atoms with E-state index in [0.29, 0.717) is 4.88 Å². The summed E-state index contributed by atoms with van der Waals surface area (Å²) in [5.74, 6) is -1.45. The number of aliphatic carboxylic acids is 1. The van der Waals surface area contributed by atoms with E-state index in [9.17, 15) is 9.90 Å². The zero-order valence-electron chi connectivity index (χ0n) is 6.90. The van der Waals surface area contributed by atoms with E-state index in [1.54, 1.807) is 12.1 Å². The number of thiophene rings is 1. The van der Waals surface area contributed by atoms with Crippen molar-refractivity contribution in [3.8, 4) is 0 Å². The number of carboxylic acid groups (broad SMARTS) is 1. The number of aryl methyl sites for hydroxylation is 1. The molecule has 60 valence electrons. The van der Waals surface area contributed by atoms with Crippen molar-refractivity contribution in [3.05, 3.63) is 21.9 Å². The Hall–Kier alpha value is 0.130. The van der Waals surface area contributed by atoms with Gasteiger partial charge in [0.15, 0.2) is 0 Å². The monoisotopic (exact) mass is 194 g/mol. The van der Waals surface area contributed by atoms with Crippen molar-refractivity contribution in [1.29, 1.82) is 0 Å². The minimum absolute atomic E-state index is 0. The van der Waals surface area contributed by atoms with Gasteiger partial charge in [-0.05, 0) is 19.1 Å². The molecule has 3 nitrogen and oxygen atoms in total. The zero-order chi connectivity index (χ0) is 8.43. The normalized spacial score (nSPS) is 11.8. The van der Waals surface area contributed by atoms with Crippen LogP contribution in [0.5, 0.6) is 0 Å². The largest absolute Gasteiger partial charge is 1.00 e. The number of aliphatic hydroxyl groups excluding tert-OH is 1. The molecule has 5 heteroatoms. The maximum Gasteiger partial charge on any atom is 1.00 e. The average Bonchev–Trinajstić information content (AvgIpc) is 2.34. The molecule has 12 heavy (non-hydrogen) atoms. The quantitative estimate of drug-likeness (QED) is 0.506. The van der Waals surface area contributed by atoms with Crippen LogP contribution in [0.15, 0.2) is 12.1 Å². The smallest absolute Gasteiger partial charge is 0.547 e. The summed E-state index contributed by atoms with van der Waals surface area (Å²) >= 11 is 1.25. The van der Waals surface area contributed by atoms with Gasteiger partial charge in [-0.25, -0.2) is 0 Å². The van der Waals surface area contributed by atoms with Gasteiger partial charge in [-0.2, -0.15) is 0 Å². The second kappa shape index (κ2) is 4.99. The Kier molecular flexibility index (Phi) is 5.04. The van der Waals surface area contributed by atoms with Gasteiger partial charge in [0.25, 0.3) is 0 Å². The SMILES string of the molecule is Cc1ccc(C(O)C(=O)[O-])s1.[Na+]. The minimum atomic E-state index is -1.48. The van der Waals surface area contributed by atoms with Crippen molar-refractivity contribution in [2.45, 2.75) is 13.0 Å². The van der Waals surface area contributed by atoms with Gasteiger partial charge in [-0.15, -0.1) is 11.3 Å². The summed E-state index contributed by atoms with van der Waals surface area (Å²) < 4.78 is 0. The number of hydrogen-bond acceptors (Lipinski definition) is 4. The third-order valence-corrected chi connectivity index (χ3v) is 2.31. The first kappa shape index (κ1) is 12.1. The van der Waals surface area contributed by atoms with Gasteiger partial charge < -0.3 is 15.0 Å². The van der Waals surface area contributed by atoms with E-state index in [2.05, 4.69) is 0 Å². The van der Waals surface area contributed by atoms with Crippen molar-refractivity contribution in [1.82, 2.24) is 0 Å². The summed E-state index contributed by atoms with van der Waals surface area (Å²) in [5, 5.41) is 19.1. The molecule has 0 spiro atoms. The molecule has 1 aromatic rings. The molecule has 0 saturated carbocycles. The van der Waals surface area contributed by atoms with Gasteiger partial charge >= 0.3 is 29.6 Å². The Bertz CT molecular complexity index is 271. The standard InChI is InChI=1S/C7H8O3S.Na/c1-4-2-3-5(11-4)6(8)7(9)10;/h2-3,6,8H,1H3,(H,9,10);/q;+1/p-1. The van der Waals surface area contributed by atoms with E-state index >= 15 is 0 Å². The summed E-state index contributed by atoms with van der Waals surface area (Å²) in [5.41, 5.74) is 0. The predicted octanol–water partition coefficient (Wildman–Crippen LogP) is -3.16. The molecule has 1 N–H and O–H groups in total. The molecule has 1 heterocycles. The van der Waals surface area contributed by atoms with Crippen LogP contribution in [-0.4, -0.2) is 11.1 Å². The van der Waals surface area contributed by atoms with Gasteiger partial charge in [-0.1, -0.05) is 0 Å². The van der Waals surface area contributed by atoms with Crippen LogP contribution in [0.3, 0.4) is 0 Å². The van der Waals surface area contributed by atoms with E-state index in [4.69, 9.17) is 5.11 Å². The molecule has 0 aliphatic carbocycles. The summed E-state index contributed by atoms with van der Waals surface area (Å²) in [6.07, 6.45) is -1.48. The van der Waals surface area contributed by atoms with Gasteiger partial charge in [0.1, 0.15) is 6.10 Å². The number of carbonyl (C=O) groups is 1. The van der Waals surface area contributed by atoms with E-state index in [1.165, 1.54) is 11.3 Å². The van der Waals surface area contributed by atoms with Crippen LogP contribution in [0.2, 0.25) is 0 Å². The zero-order valence-corrected chi connectivity index (χ0v) is 9.72. The van der Waals surface area contributed by atoms with Crippen molar-refractivity contribution < 1.29 is 44.6 Å². The molecule has 0 amide bonds. The van der Waals surface area contributed by atoms with E-state index in [0.717, 1.165) is 4.88 Å². The average molecular weight is 194 g/mol. The molecule has 0 radical (unpaired) electrons. The van der Waals surface area contributed by atoms with Crippen LogP contribution in [0.25, 0.3) is 0 Å². The van der Waals surface area contributed by atoms with Crippen LogP contribution >= 0.6 is 11.3 Å². The van der Waals surface area contributed by atoms with E-state index in [-0.39, 0.29) is 29.6 Å². The Labute approximate surface area is 96.3 Å². The molecule has 1 unspecified atom stereocenters.